The molecule has 3 saturated heterocycles. The third-order valence-electron chi connectivity index (χ3n) is 7.99. The molecule has 1 spiro atoms. The molecule has 6 heteroatoms. The maximum absolute atomic E-state index is 13.4. The van der Waals surface area contributed by atoms with Crippen molar-refractivity contribution >= 4 is 17.5 Å². The number of nitrogens with one attached hydrogen (secondary N) is 2. The van der Waals surface area contributed by atoms with E-state index in [9.17, 15) is 9.59 Å². The van der Waals surface area contributed by atoms with Crippen molar-refractivity contribution in [1.29, 1.82) is 0 Å². The van der Waals surface area contributed by atoms with Crippen molar-refractivity contribution in [3.8, 4) is 0 Å². The molecule has 5 unspecified atom stereocenters. The number of likely N-dealkylation sites (tertiary alicyclic amines) is 1. The molecule has 3 fully saturated rings. The molecule has 0 bridgehead atoms. The smallest absolute Gasteiger partial charge is 0.250 e. The van der Waals surface area contributed by atoms with E-state index in [1.165, 1.54) is 6.42 Å². The van der Waals surface area contributed by atoms with Gasteiger partial charge < -0.3 is 15.5 Å². The van der Waals surface area contributed by atoms with Crippen LogP contribution in [0.1, 0.15) is 51.5 Å². The topological polar surface area (TPSA) is 64.7 Å². The lowest BCUT2D eigenvalue weighted by Crippen LogP contribution is -2.54. The van der Waals surface area contributed by atoms with Gasteiger partial charge in [0.15, 0.2) is 0 Å². The second-order valence-corrected chi connectivity index (χ2v) is 10.4. The lowest BCUT2D eigenvalue weighted by atomic mass is 9.78. The number of hydrogen-bond donors (Lipinski definition) is 2. The molecule has 4 heterocycles. The fourth-order valence-corrected chi connectivity index (χ4v) is 6.99. The Kier molecular flexibility index (Phi) is 5.55. The fraction of sp³-hybridized carbons (Fsp3) is 0.680. The molecule has 0 radical (unpaired) electrons. The minimum atomic E-state index is -0.834. The van der Waals surface area contributed by atoms with Crippen molar-refractivity contribution in [2.24, 2.45) is 17.8 Å². The van der Waals surface area contributed by atoms with Crippen LogP contribution in [-0.2, 0) is 15.1 Å². The monoisotopic (exact) mass is 424 g/mol. The van der Waals surface area contributed by atoms with Gasteiger partial charge in [-0.1, -0.05) is 32.0 Å². The van der Waals surface area contributed by atoms with Crippen molar-refractivity contribution in [1.82, 2.24) is 15.1 Å². The highest BCUT2D eigenvalue weighted by Crippen LogP contribution is 2.55. The van der Waals surface area contributed by atoms with Crippen molar-refractivity contribution < 1.29 is 9.59 Å². The molecule has 1 aromatic rings. The van der Waals surface area contributed by atoms with Crippen molar-refractivity contribution in [3.63, 3.8) is 0 Å². The van der Waals surface area contributed by atoms with Crippen molar-refractivity contribution in [2.45, 2.75) is 57.5 Å². The van der Waals surface area contributed by atoms with E-state index in [0.717, 1.165) is 74.9 Å². The van der Waals surface area contributed by atoms with Gasteiger partial charge in [0.05, 0.1) is 5.92 Å². The second kappa shape index (κ2) is 8.21. The molecule has 4 aliphatic rings. The Balaban J connectivity index is 1.27. The number of carbonyl (C=O) groups is 2. The van der Waals surface area contributed by atoms with E-state index in [4.69, 9.17) is 0 Å². The number of rotatable bonds is 5. The number of fused-ring (bicyclic) bond motifs is 4. The molecule has 0 saturated carbocycles. The first-order valence-electron chi connectivity index (χ1n) is 12.2. The molecule has 5 rings (SSSR count). The average Bonchev–Trinajstić information content (AvgIpc) is 3.39. The van der Waals surface area contributed by atoms with Gasteiger partial charge in [0, 0.05) is 36.9 Å². The minimum absolute atomic E-state index is 0.0189. The summed E-state index contributed by atoms with van der Waals surface area (Å²) in [5.74, 6) is 1.21. The summed E-state index contributed by atoms with van der Waals surface area (Å²) < 4.78 is 0. The number of piperidine rings is 1. The first-order chi connectivity index (χ1) is 15.0. The number of amides is 2. The van der Waals surface area contributed by atoms with E-state index < -0.39 is 5.54 Å². The van der Waals surface area contributed by atoms with E-state index in [2.05, 4.69) is 34.3 Å². The Hall–Kier alpha value is -1.92. The zero-order chi connectivity index (χ0) is 21.6. The summed E-state index contributed by atoms with van der Waals surface area (Å²) >= 11 is 0. The minimum Gasteiger partial charge on any atom is -0.356 e. The molecule has 0 aliphatic carbocycles. The molecule has 1 aromatic carbocycles. The summed E-state index contributed by atoms with van der Waals surface area (Å²) in [6.07, 6.45) is 5.23. The van der Waals surface area contributed by atoms with Gasteiger partial charge in [0.2, 0.25) is 11.8 Å². The maximum Gasteiger partial charge on any atom is 0.250 e. The highest BCUT2D eigenvalue weighted by molar-refractivity contribution is 6.09. The van der Waals surface area contributed by atoms with Crippen LogP contribution in [0.5, 0.6) is 0 Å². The number of para-hydroxylation sites is 1. The maximum atomic E-state index is 13.4. The Morgan fingerprint density at radius 1 is 1.19 bits per heavy atom. The number of benzene rings is 1. The number of hydrogen-bond acceptors (Lipinski definition) is 4. The zero-order valence-corrected chi connectivity index (χ0v) is 18.9. The van der Waals surface area contributed by atoms with E-state index in [-0.39, 0.29) is 17.7 Å². The predicted molar refractivity (Wildman–Crippen MR) is 122 cm³/mol. The lowest BCUT2D eigenvalue weighted by Gasteiger charge is -2.36. The Labute approximate surface area is 185 Å². The van der Waals surface area contributed by atoms with Gasteiger partial charge in [0.25, 0.3) is 0 Å². The summed E-state index contributed by atoms with van der Waals surface area (Å²) in [7, 11) is 0. The fourth-order valence-electron chi connectivity index (χ4n) is 6.99. The van der Waals surface area contributed by atoms with Crippen LogP contribution in [0.15, 0.2) is 24.3 Å². The second-order valence-electron chi connectivity index (χ2n) is 10.4. The Morgan fingerprint density at radius 2 is 1.97 bits per heavy atom. The highest BCUT2D eigenvalue weighted by atomic mass is 16.2. The Bertz CT molecular complexity index is 848. The molecular weight excluding hydrogens is 388 g/mol. The molecular formula is C25H36N4O2. The molecule has 168 valence electrons. The van der Waals surface area contributed by atoms with Crippen LogP contribution in [0.25, 0.3) is 0 Å². The van der Waals surface area contributed by atoms with Gasteiger partial charge in [-0.2, -0.15) is 0 Å². The quantitative estimate of drug-likeness (QED) is 0.714. The van der Waals surface area contributed by atoms with E-state index in [0.29, 0.717) is 12.6 Å². The lowest BCUT2D eigenvalue weighted by molar-refractivity contribution is -0.137. The molecule has 5 atom stereocenters. The molecule has 2 amide bonds. The van der Waals surface area contributed by atoms with Crippen molar-refractivity contribution in [3.05, 3.63) is 29.8 Å². The third kappa shape index (κ3) is 3.48. The largest absolute Gasteiger partial charge is 0.356 e. The van der Waals surface area contributed by atoms with E-state index in [1.54, 1.807) is 0 Å². The van der Waals surface area contributed by atoms with Gasteiger partial charge in [-0.3, -0.25) is 14.5 Å². The van der Waals surface area contributed by atoms with Gasteiger partial charge in [0.1, 0.15) is 5.54 Å². The number of nitrogens with zero attached hydrogens (tertiary/aromatic N) is 2. The van der Waals surface area contributed by atoms with Crippen molar-refractivity contribution in [2.75, 3.05) is 38.0 Å². The molecule has 0 aromatic heterocycles. The van der Waals surface area contributed by atoms with Crippen LogP contribution in [0.4, 0.5) is 5.69 Å². The molecule has 6 nitrogen and oxygen atoms in total. The third-order valence-corrected chi connectivity index (χ3v) is 7.99. The molecule has 4 aliphatic heterocycles. The van der Waals surface area contributed by atoms with Crippen LogP contribution >= 0.6 is 0 Å². The van der Waals surface area contributed by atoms with Crippen LogP contribution in [0, 0.1) is 17.8 Å². The van der Waals surface area contributed by atoms with Gasteiger partial charge in [-0.25, -0.2) is 0 Å². The van der Waals surface area contributed by atoms with Crippen LogP contribution < -0.4 is 10.6 Å². The summed E-state index contributed by atoms with van der Waals surface area (Å²) in [6.45, 7) is 9.60. The van der Waals surface area contributed by atoms with Gasteiger partial charge in [-0.15, -0.1) is 0 Å². The summed E-state index contributed by atoms with van der Waals surface area (Å²) in [5, 5.41) is 6.29. The normalized spacial score (nSPS) is 35.2. The summed E-state index contributed by atoms with van der Waals surface area (Å²) in [5.41, 5.74) is 1.02. The van der Waals surface area contributed by atoms with Crippen LogP contribution in [0.3, 0.4) is 0 Å². The number of carbonyl (C=O) groups excluding carboxylic acids is 2. The average molecular weight is 425 g/mol. The van der Waals surface area contributed by atoms with Gasteiger partial charge in [-0.05, 0) is 63.1 Å². The highest BCUT2D eigenvalue weighted by Gasteiger charge is 2.65. The SMILES string of the molecule is CC1CC(C)CN(CCCNC(=O)C2CC3CCCN3C23C(=O)Nc2ccccc23)C1. The van der Waals surface area contributed by atoms with E-state index in [1.807, 2.05) is 24.3 Å². The number of anilines is 1. The first-order valence-corrected chi connectivity index (χ1v) is 12.2. The van der Waals surface area contributed by atoms with Gasteiger partial charge >= 0.3 is 0 Å². The molecule has 31 heavy (non-hydrogen) atoms. The summed E-state index contributed by atoms with van der Waals surface area (Å²) in [4.78, 5) is 31.7. The predicted octanol–water partition coefficient (Wildman–Crippen LogP) is 2.80. The van der Waals surface area contributed by atoms with Crippen LogP contribution in [0.2, 0.25) is 0 Å². The Morgan fingerprint density at radius 3 is 2.77 bits per heavy atom. The molecule has 2 N–H and O–H groups in total. The zero-order valence-electron chi connectivity index (χ0n) is 18.9. The summed E-state index contributed by atoms with van der Waals surface area (Å²) in [6, 6.07) is 8.25. The van der Waals surface area contributed by atoms with E-state index >= 15 is 0 Å². The standard InChI is InChI=1S/C25H36N4O2/c1-17-13-18(2)16-28(15-17)11-6-10-26-23(30)21-14-19-7-5-12-29(19)25(21)20-8-3-4-9-22(20)27-24(25)31/h3-4,8-9,17-19,21H,5-7,10-16H2,1-2H3,(H,26,30)(H,27,31). The van der Waals surface area contributed by atoms with Crippen LogP contribution in [-0.4, -0.2) is 60.4 Å². The first kappa shape index (κ1) is 21.0.